The number of anilines is 1. The molecule has 7 nitrogen and oxygen atoms in total. The monoisotopic (exact) mass is 371 g/mol. The summed E-state index contributed by atoms with van der Waals surface area (Å²) in [6.07, 6.45) is 2.11. The minimum absolute atomic E-state index is 0.228. The number of carbonyl (C=O) groups is 3. The second-order valence-electron chi connectivity index (χ2n) is 5.53. The van der Waals surface area contributed by atoms with Crippen LogP contribution in [0.25, 0.3) is 0 Å². The van der Waals surface area contributed by atoms with Crippen LogP contribution in [0, 0.1) is 0 Å². The first kappa shape index (κ1) is 17.0. The fourth-order valence-electron chi connectivity index (χ4n) is 2.65. The van der Waals surface area contributed by atoms with E-state index >= 15 is 0 Å². The summed E-state index contributed by atoms with van der Waals surface area (Å²) in [7, 11) is 0. The van der Waals surface area contributed by atoms with Crippen molar-refractivity contribution in [2.45, 2.75) is 25.5 Å². The van der Waals surface area contributed by atoms with E-state index in [1.54, 1.807) is 0 Å². The van der Waals surface area contributed by atoms with Gasteiger partial charge >= 0.3 is 12.1 Å². The van der Waals surface area contributed by atoms with Crippen LogP contribution in [0.4, 0.5) is 15.3 Å². The third-order valence-electron chi connectivity index (χ3n) is 3.78. The zero-order valence-electron chi connectivity index (χ0n) is 12.6. The van der Waals surface area contributed by atoms with Gasteiger partial charge in [-0.1, -0.05) is 23.2 Å². The van der Waals surface area contributed by atoms with E-state index in [-0.39, 0.29) is 22.3 Å². The molecule has 0 aromatic heterocycles. The topological polar surface area (TPSA) is 79.0 Å². The van der Waals surface area contributed by atoms with E-state index in [1.807, 2.05) is 0 Å². The van der Waals surface area contributed by atoms with Gasteiger partial charge in [0.1, 0.15) is 12.8 Å². The Morgan fingerprint density at radius 2 is 1.88 bits per heavy atom. The molecule has 24 heavy (non-hydrogen) atoms. The molecule has 0 aliphatic carbocycles. The maximum absolute atomic E-state index is 12.5. The summed E-state index contributed by atoms with van der Waals surface area (Å²) in [5, 5.41) is 3.20. The molecule has 1 N–H and O–H groups in total. The molecule has 0 bridgehead atoms. The minimum atomic E-state index is -0.744. The van der Waals surface area contributed by atoms with E-state index in [4.69, 9.17) is 27.9 Å². The number of rotatable bonds is 2. The molecular formula is C15H15Cl2N3O4. The zero-order chi connectivity index (χ0) is 17.3. The van der Waals surface area contributed by atoms with E-state index in [2.05, 4.69) is 5.32 Å². The van der Waals surface area contributed by atoms with E-state index < -0.39 is 24.2 Å². The molecule has 2 heterocycles. The molecule has 2 aliphatic heterocycles. The molecular weight excluding hydrogens is 357 g/mol. The number of hydrogen-bond donors (Lipinski definition) is 1. The maximum Gasteiger partial charge on any atom is 0.340 e. The van der Waals surface area contributed by atoms with Gasteiger partial charge in [0.2, 0.25) is 0 Å². The second-order valence-corrected chi connectivity index (χ2v) is 6.40. The summed E-state index contributed by atoms with van der Waals surface area (Å²) in [6, 6.07) is 2.97. The summed E-state index contributed by atoms with van der Waals surface area (Å²) in [5.74, 6) is -0.530. The highest BCUT2D eigenvalue weighted by Gasteiger charge is 2.41. The predicted octanol–water partition coefficient (Wildman–Crippen LogP) is 3.00. The van der Waals surface area contributed by atoms with Gasteiger partial charge < -0.3 is 10.1 Å². The summed E-state index contributed by atoms with van der Waals surface area (Å²) < 4.78 is 5.41. The molecule has 5 amide bonds. The van der Waals surface area contributed by atoms with Crippen molar-refractivity contribution >= 4 is 46.9 Å². The molecule has 1 unspecified atom stereocenters. The summed E-state index contributed by atoms with van der Waals surface area (Å²) in [5.41, 5.74) is 0.228. The third-order valence-corrected chi connectivity index (χ3v) is 4.22. The molecule has 128 valence electrons. The van der Waals surface area contributed by atoms with Crippen LogP contribution in [-0.4, -0.2) is 42.2 Å². The summed E-state index contributed by atoms with van der Waals surface area (Å²) in [6.45, 7) is 0.215. The lowest BCUT2D eigenvalue weighted by atomic mass is 10.2. The predicted molar refractivity (Wildman–Crippen MR) is 88.2 cm³/mol. The van der Waals surface area contributed by atoms with Crippen molar-refractivity contribution in [3.05, 3.63) is 28.2 Å². The Kier molecular flexibility index (Phi) is 4.93. The highest BCUT2D eigenvalue weighted by atomic mass is 35.5. The molecule has 0 radical (unpaired) electrons. The SMILES string of the molecule is O=C(NC1CCCCO1)N1CC(=O)N(c2cc(Cl)cc(Cl)c2)C1=O. The third kappa shape index (κ3) is 3.48. The van der Waals surface area contributed by atoms with Gasteiger partial charge in [0.05, 0.1) is 5.69 Å². The lowest BCUT2D eigenvalue weighted by Gasteiger charge is -2.25. The number of urea groups is 2. The normalized spacial score (nSPS) is 21.3. The molecule has 0 spiro atoms. The zero-order valence-corrected chi connectivity index (χ0v) is 14.1. The average Bonchev–Trinajstić information content (AvgIpc) is 2.82. The number of imide groups is 2. The molecule has 3 rings (SSSR count). The van der Waals surface area contributed by atoms with Gasteiger partial charge in [-0.05, 0) is 37.5 Å². The van der Waals surface area contributed by atoms with Crippen LogP contribution in [0.15, 0.2) is 18.2 Å². The van der Waals surface area contributed by atoms with Crippen LogP contribution < -0.4 is 10.2 Å². The van der Waals surface area contributed by atoms with E-state index in [0.29, 0.717) is 13.0 Å². The number of carbonyl (C=O) groups excluding carboxylic acids is 3. The van der Waals surface area contributed by atoms with Crippen LogP contribution in [0.5, 0.6) is 0 Å². The average molecular weight is 372 g/mol. The Bertz CT molecular complexity index is 671. The van der Waals surface area contributed by atoms with Crippen molar-refractivity contribution in [2.75, 3.05) is 18.1 Å². The minimum Gasteiger partial charge on any atom is -0.358 e. The first-order chi connectivity index (χ1) is 11.5. The number of halogens is 2. The number of nitrogens with one attached hydrogen (secondary N) is 1. The molecule has 1 aromatic carbocycles. The van der Waals surface area contributed by atoms with Crippen LogP contribution in [0.3, 0.4) is 0 Å². The Morgan fingerprint density at radius 3 is 2.50 bits per heavy atom. The molecule has 0 saturated carbocycles. The van der Waals surface area contributed by atoms with E-state index in [0.717, 1.165) is 22.6 Å². The van der Waals surface area contributed by atoms with E-state index in [1.165, 1.54) is 18.2 Å². The molecule has 2 aliphatic rings. The molecule has 9 heteroatoms. The van der Waals surface area contributed by atoms with Crippen LogP contribution >= 0.6 is 23.2 Å². The number of amides is 5. The number of benzene rings is 1. The Labute approximate surface area is 148 Å². The first-order valence-corrected chi connectivity index (χ1v) is 8.24. The second kappa shape index (κ2) is 6.96. The lowest BCUT2D eigenvalue weighted by molar-refractivity contribution is -0.116. The van der Waals surface area contributed by atoms with Crippen molar-refractivity contribution < 1.29 is 19.1 Å². The maximum atomic E-state index is 12.5. The highest BCUT2D eigenvalue weighted by Crippen LogP contribution is 2.28. The highest BCUT2D eigenvalue weighted by molar-refractivity contribution is 6.35. The van der Waals surface area contributed by atoms with Gasteiger partial charge in [-0.3, -0.25) is 4.79 Å². The van der Waals surface area contributed by atoms with Crippen LogP contribution in [0.2, 0.25) is 10.0 Å². The number of nitrogens with zero attached hydrogens (tertiary/aromatic N) is 2. The number of hydrogen-bond acceptors (Lipinski definition) is 4. The smallest absolute Gasteiger partial charge is 0.340 e. The molecule has 2 fully saturated rings. The quantitative estimate of drug-likeness (QED) is 0.810. The van der Waals surface area contributed by atoms with E-state index in [9.17, 15) is 14.4 Å². The molecule has 1 atom stereocenters. The van der Waals surface area contributed by atoms with Gasteiger partial charge in [-0.15, -0.1) is 0 Å². The van der Waals surface area contributed by atoms with Crippen molar-refractivity contribution in [3.8, 4) is 0 Å². The van der Waals surface area contributed by atoms with Gasteiger partial charge in [-0.2, -0.15) is 0 Å². The Morgan fingerprint density at radius 1 is 1.17 bits per heavy atom. The van der Waals surface area contributed by atoms with Gasteiger partial charge in [0, 0.05) is 16.7 Å². The van der Waals surface area contributed by atoms with Gasteiger partial charge in [0.15, 0.2) is 0 Å². The number of ether oxygens (including phenoxy) is 1. The van der Waals surface area contributed by atoms with Crippen molar-refractivity contribution in [1.82, 2.24) is 10.2 Å². The summed E-state index contributed by atoms with van der Waals surface area (Å²) >= 11 is 11.8. The van der Waals surface area contributed by atoms with Crippen LogP contribution in [-0.2, 0) is 9.53 Å². The van der Waals surface area contributed by atoms with Crippen LogP contribution in [0.1, 0.15) is 19.3 Å². The fourth-order valence-corrected chi connectivity index (χ4v) is 3.17. The largest absolute Gasteiger partial charge is 0.358 e. The molecule has 1 aromatic rings. The standard InChI is InChI=1S/C15H15Cl2N3O4/c16-9-5-10(17)7-11(6-9)20-13(21)8-19(15(20)23)14(22)18-12-3-1-2-4-24-12/h5-7,12H,1-4,8H2,(H,18,22). The first-order valence-electron chi connectivity index (χ1n) is 7.48. The summed E-state index contributed by atoms with van der Waals surface area (Å²) in [4.78, 5) is 38.6. The van der Waals surface area contributed by atoms with Crippen molar-refractivity contribution in [2.24, 2.45) is 0 Å². The fraction of sp³-hybridized carbons (Fsp3) is 0.400. The van der Waals surface area contributed by atoms with Crippen molar-refractivity contribution in [1.29, 1.82) is 0 Å². The Hall–Kier alpha value is -1.83. The lowest BCUT2D eigenvalue weighted by Crippen LogP contribution is -2.48. The Balaban J connectivity index is 1.74. The molecule has 2 saturated heterocycles. The van der Waals surface area contributed by atoms with Gasteiger partial charge in [0.25, 0.3) is 5.91 Å². The van der Waals surface area contributed by atoms with Gasteiger partial charge in [-0.25, -0.2) is 19.4 Å². The van der Waals surface area contributed by atoms with Crippen molar-refractivity contribution in [3.63, 3.8) is 0 Å².